The predicted octanol–water partition coefficient (Wildman–Crippen LogP) is 3.01. The van der Waals surface area contributed by atoms with E-state index in [9.17, 15) is 14.9 Å². The Morgan fingerprint density at radius 1 is 1.39 bits per heavy atom. The fraction of sp³-hybridized carbons (Fsp3) is 0.333. The number of halogens is 1. The molecule has 122 valence electrons. The molecule has 8 heteroatoms. The number of rotatable bonds is 7. The molecule has 0 bridgehead atoms. The normalized spacial score (nSPS) is 10.5. The van der Waals surface area contributed by atoms with Crippen molar-refractivity contribution in [3.05, 3.63) is 61.6 Å². The lowest BCUT2D eigenvalue weighted by Crippen LogP contribution is -2.21. The Morgan fingerprint density at radius 2 is 2.17 bits per heavy atom. The molecule has 2 rings (SSSR count). The van der Waals surface area contributed by atoms with Crippen LogP contribution in [0, 0.1) is 17.0 Å². The lowest BCUT2D eigenvalue weighted by atomic mass is 10.2. The second kappa shape index (κ2) is 7.73. The largest absolute Gasteiger partial charge is 0.369 e. The summed E-state index contributed by atoms with van der Waals surface area (Å²) in [7, 11) is 0. The highest BCUT2D eigenvalue weighted by atomic mass is 35.5. The molecule has 2 heterocycles. The van der Waals surface area contributed by atoms with Gasteiger partial charge in [0.25, 0.3) is 11.2 Å². The standard InChI is InChI=1S/C15H17ClN4O3/c1-11-5-4-6-14(21)19(11)8-3-2-7-17-15-13(16)9-12(10-18-15)20(22)23/h4-6,9-10H,2-3,7-8H2,1H3,(H,17,18). The van der Waals surface area contributed by atoms with Crippen molar-refractivity contribution < 1.29 is 4.92 Å². The van der Waals surface area contributed by atoms with Crippen LogP contribution in [0.25, 0.3) is 0 Å². The molecule has 0 saturated carbocycles. The van der Waals surface area contributed by atoms with Crippen LogP contribution in [-0.4, -0.2) is 21.0 Å². The molecule has 1 N–H and O–H groups in total. The highest BCUT2D eigenvalue weighted by Crippen LogP contribution is 2.23. The summed E-state index contributed by atoms with van der Waals surface area (Å²) in [6, 6.07) is 6.47. The quantitative estimate of drug-likeness (QED) is 0.477. The number of unbranched alkanes of at least 4 members (excludes halogenated alkanes) is 1. The summed E-state index contributed by atoms with van der Waals surface area (Å²) in [6.45, 7) is 3.17. The minimum Gasteiger partial charge on any atom is -0.369 e. The third kappa shape index (κ3) is 4.53. The molecule has 23 heavy (non-hydrogen) atoms. The van der Waals surface area contributed by atoms with E-state index in [4.69, 9.17) is 11.6 Å². The van der Waals surface area contributed by atoms with Gasteiger partial charge in [-0.1, -0.05) is 17.7 Å². The topological polar surface area (TPSA) is 90.1 Å². The molecular weight excluding hydrogens is 320 g/mol. The third-order valence-electron chi connectivity index (χ3n) is 3.41. The molecule has 0 fully saturated rings. The molecule has 0 aromatic carbocycles. The van der Waals surface area contributed by atoms with Crippen molar-refractivity contribution in [3.8, 4) is 0 Å². The van der Waals surface area contributed by atoms with E-state index in [0.29, 0.717) is 18.9 Å². The van der Waals surface area contributed by atoms with Crippen molar-refractivity contribution in [2.24, 2.45) is 0 Å². The van der Waals surface area contributed by atoms with Gasteiger partial charge in [0.1, 0.15) is 12.0 Å². The molecular formula is C15H17ClN4O3. The van der Waals surface area contributed by atoms with E-state index >= 15 is 0 Å². The summed E-state index contributed by atoms with van der Waals surface area (Å²) < 4.78 is 1.73. The Hall–Kier alpha value is -2.41. The lowest BCUT2D eigenvalue weighted by Gasteiger charge is -2.10. The van der Waals surface area contributed by atoms with Gasteiger partial charge in [-0.2, -0.15) is 0 Å². The van der Waals surface area contributed by atoms with Crippen LogP contribution in [0.5, 0.6) is 0 Å². The Labute approximate surface area is 138 Å². The van der Waals surface area contributed by atoms with E-state index < -0.39 is 4.92 Å². The molecule has 0 saturated heterocycles. The monoisotopic (exact) mass is 336 g/mol. The minimum atomic E-state index is -0.539. The molecule has 0 aliphatic heterocycles. The minimum absolute atomic E-state index is 0.00182. The second-order valence-electron chi connectivity index (χ2n) is 5.07. The lowest BCUT2D eigenvalue weighted by molar-refractivity contribution is -0.385. The Bertz CT molecular complexity index is 761. The van der Waals surface area contributed by atoms with Gasteiger partial charge in [0.2, 0.25) is 0 Å². The number of aromatic nitrogens is 2. The molecule has 0 unspecified atom stereocenters. The van der Waals surface area contributed by atoms with E-state index in [1.165, 1.54) is 12.3 Å². The van der Waals surface area contributed by atoms with Crippen molar-refractivity contribution in [2.45, 2.75) is 26.3 Å². The van der Waals surface area contributed by atoms with Crippen molar-refractivity contribution in [2.75, 3.05) is 11.9 Å². The fourth-order valence-electron chi connectivity index (χ4n) is 2.17. The molecule has 0 atom stereocenters. The Kier molecular flexibility index (Phi) is 5.70. The van der Waals surface area contributed by atoms with Gasteiger partial charge >= 0.3 is 0 Å². The van der Waals surface area contributed by atoms with E-state index in [2.05, 4.69) is 10.3 Å². The van der Waals surface area contributed by atoms with Gasteiger partial charge in [-0.3, -0.25) is 14.9 Å². The van der Waals surface area contributed by atoms with Crippen molar-refractivity contribution in [1.82, 2.24) is 9.55 Å². The molecule has 0 aliphatic rings. The van der Waals surface area contributed by atoms with Gasteiger partial charge in [-0.25, -0.2) is 4.98 Å². The molecule has 7 nitrogen and oxygen atoms in total. The zero-order chi connectivity index (χ0) is 16.8. The van der Waals surface area contributed by atoms with Crippen LogP contribution in [0.3, 0.4) is 0 Å². The summed E-state index contributed by atoms with van der Waals surface area (Å²) in [5.41, 5.74) is 0.794. The van der Waals surface area contributed by atoms with E-state index in [1.54, 1.807) is 16.7 Å². The molecule has 2 aromatic rings. The van der Waals surface area contributed by atoms with Crippen LogP contribution in [0.1, 0.15) is 18.5 Å². The predicted molar refractivity (Wildman–Crippen MR) is 89.1 cm³/mol. The van der Waals surface area contributed by atoms with Crippen LogP contribution in [0.15, 0.2) is 35.3 Å². The van der Waals surface area contributed by atoms with Crippen molar-refractivity contribution in [3.63, 3.8) is 0 Å². The smallest absolute Gasteiger partial charge is 0.289 e. The first-order valence-electron chi connectivity index (χ1n) is 7.19. The summed E-state index contributed by atoms with van der Waals surface area (Å²) in [5.74, 6) is 0.422. The van der Waals surface area contributed by atoms with Gasteiger partial charge in [-0.15, -0.1) is 0 Å². The Balaban J connectivity index is 1.82. The van der Waals surface area contributed by atoms with Gasteiger partial charge in [-0.05, 0) is 25.8 Å². The average molecular weight is 337 g/mol. The molecule has 0 radical (unpaired) electrons. The van der Waals surface area contributed by atoms with Crippen LogP contribution in [-0.2, 0) is 6.54 Å². The number of anilines is 1. The van der Waals surface area contributed by atoms with Crippen molar-refractivity contribution in [1.29, 1.82) is 0 Å². The van der Waals surface area contributed by atoms with Gasteiger partial charge in [0.05, 0.1) is 9.95 Å². The third-order valence-corrected chi connectivity index (χ3v) is 3.69. The molecule has 0 aliphatic carbocycles. The van der Waals surface area contributed by atoms with Gasteiger partial charge in [0.15, 0.2) is 0 Å². The van der Waals surface area contributed by atoms with E-state index in [1.807, 2.05) is 13.0 Å². The number of hydrogen-bond acceptors (Lipinski definition) is 5. The summed E-state index contributed by atoms with van der Waals surface area (Å²) >= 11 is 5.95. The number of pyridine rings is 2. The van der Waals surface area contributed by atoms with Gasteiger partial charge in [0, 0.05) is 30.9 Å². The zero-order valence-corrected chi connectivity index (χ0v) is 13.4. The maximum Gasteiger partial charge on any atom is 0.289 e. The fourth-order valence-corrected chi connectivity index (χ4v) is 2.40. The number of nitrogens with zero attached hydrogens (tertiary/aromatic N) is 3. The van der Waals surface area contributed by atoms with Crippen LogP contribution in [0.4, 0.5) is 11.5 Å². The maximum atomic E-state index is 11.7. The van der Waals surface area contributed by atoms with Crippen LogP contribution < -0.4 is 10.9 Å². The van der Waals surface area contributed by atoms with Crippen LogP contribution in [0.2, 0.25) is 5.02 Å². The van der Waals surface area contributed by atoms with E-state index in [-0.39, 0.29) is 16.3 Å². The SMILES string of the molecule is Cc1cccc(=O)n1CCCCNc1ncc([N+](=O)[O-])cc1Cl. The number of aryl methyl sites for hydroxylation is 1. The first-order chi connectivity index (χ1) is 11.0. The van der Waals surface area contributed by atoms with E-state index in [0.717, 1.165) is 18.5 Å². The Morgan fingerprint density at radius 3 is 2.83 bits per heavy atom. The average Bonchev–Trinajstić information content (AvgIpc) is 2.50. The highest BCUT2D eigenvalue weighted by Gasteiger charge is 2.10. The van der Waals surface area contributed by atoms with Crippen molar-refractivity contribution >= 4 is 23.1 Å². The molecule has 0 amide bonds. The highest BCUT2D eigenvalue weighted by molar-refractivity contribution is 6.33. The van der Waals surface area contributed by atoms with Gasteiger partial charge < -0.3 is 9.88 Å². The number of hydrogen-bond donors (Lipinski definition) is 1. The number of nitrogens with one attached hydrogen (secondary N) is 1. The zero-order valence-electron chi connectivity index (χ0n) is 12.7. The maximum absolute atomic E-state index is 11.7. The number of nitro groups is 1. The molecule has 2 aromatic heterocycles. The second-order valence-corrected chi connectivity index (χ2v) is 5.48. The molecule has 0 spiro atoms. The summed E-state index contributed by atoms with van der Waals surface area (Å²) in [4.78, 5) is 25.7. The summed E-state index contributed by atoms with van der Waals surface area (Å²) in [5, 5.41) is 13.9. The first-order valence-corrected chi connectivity index (χ1v) is 7.57. The van der Waals surface area contributed by atoms with Crippen LogP contribution >= 0.6 is 11.6 Å². The first kappa shape index (κ1) is 17.0. The summed E-state index contributed by atoms with van der Waals surface area (Å²) in [6.07, 6.45) is 2.80.